The van der Waals surface area contributed by atoms with Crippen LogP contribution >= 0.6 is 11.8 Å². The van der Waals surface area contributed by atoms with Crippen LogP contribution in [0.15, 0.2) is 41.3 Å². The van der Waals surface area contributed by atoms with Crippen molar-refractivity contribution in [3.63, 3.8) is 0 Å². The van der Waals surface area contributed by atoms with Gasteiger partial charge in [-0.15, -0.1) is 11.8 Å². The van der Waals surface area contributed by atoms with Gasteiger partial charge >= 0.3 is 0 Å². The average molecular weight is 214 g/mol. The minimum absolute atomic E-state index is 0.280. The number of aldehydes is 1. The smallest absolute Gasteiger partial charge is 0.147 e. The van der Waals surface area contributed by atoms with Crippen LogP contribution in [0.4, 0.5) is 0 Å². The van der Waals surface area contributed by atoms with Crippen molar-refractivity contribution >= 4 is 24.1 Å². The topological polar surface area (TPSA) is 17.1 Å². The zero-order valence-corrected chi connectivity index (χ0v) is 8.91. The molecule has 0 amide bonds. The molecular weight excluding hydrogens is 204 g/mol. The molecule has 1 nitrogen and oxygen atoms in total. The van der Waals surface area contributed by atoms with E-state index in [2.05, 4.69) is 36.4 Å². The Morgan fingerprint density at radius 3 is 3.00 bits per heavy atom. The molecule has 2 heteroatoms. The summed E-state index contributed by atoms with van der Waals surface area (Å²) in [5.74, 6) is 0.280. The Hall–Kier alpha value is -1.28. The first-order valence-corrected chi connectivity index (χ1v) is 5.92. The summed E-state index contributed by atoms with van der Waals surface area (Å²) in [4.78, 5) is 10.9. The zero-order valence-electron chi connectivity index (χ0n) is 8.09. The van der Waals surface area contributed by atoms with Gasteiger partial charge in [0.15, 0.2) is 0 Å². The van der Waals surface area contributed by atoms with Gasteiger partial charge in [-0.1, -0.05) is 36.4 Å². The molecule has 1 aliphatic carbocycles. The quantitative estimate of drug-likeness (QED) is 0.668. The SMILES string of the molecule is O=CC1=CS[C@H]2c3ccccc3C=C[C@H]12. The van der Waals surface area contributed by atoms with E-state index >= 15 is 0 Å². The molecule has 0 radical (unpaired) electrons. The lowest BCUT2D eigenvalue weighted by molar-refractivity contribution is -0.105. The second-order valence-electron chi connectivity index (χ2n) is 3.81. The summed E-state index contributed by atoms with van der Waals surface area (Å²) in [6.07, 6.45) is 5.25. The fourth-order valence-electron chi connectivity index (χ4n) is 2.20. The Labute approximate surface area is 92.9 Å². The molecule has 74 valence electrons. The molecule has 0 saturated carbocycles. The largest absolute Gasteiger partial charge is 0.298 e. The summed E-state index contributed by atoms with van der Waals surface area (Å²) >= 11 is 1.76. The Morgan fingerprint density at radius 2 is 2.13 bits per heavy atom. The van der Waals surface area contributed by atoms with Gasteiger partial charge < -0.3 is 0 Å². The maximum Gasteiger partial charge on any atom is 0.147 e. The normalized spacial score (nSPS) is 26.8. The maximum atomic E-state index is 10.9. The fourth-order valence-corrected chi connectivity index (χ4v) is 3.50. The molecule has 1 aliphatic heterocycles. The fraction of sp³-hybridized carbons (Fsp3) is 0.154. The van der Waals surface area contributed by atoms with Crippen LogP contribution < -0.4 is 0 Å². The summed E-state index contributed by atoms with van der Waals surface area (Å²) < 4.78 is 0. The Kier molecular flexibility index (Phi) is 2.03. The van der Waals surface area contributed by atoms with Crippen molar-refractivity contribution in [3.05, 3.63) is 52.4 Å². The van der Waals surface area contributed by atoms with E-state index in [0.717, 1.165) is 11.9 Å². The molecular formula is C13H10OS. The lowest BCUT2D eigenvalue weighted by Crippen LogP contribution is -2.11. The second-order valence-corrected chi connectivity index (χ2v) is 4.82. The van der Waals surface area contributed by atoms with Crippen molar-refractivity contribution in [1.82, 2.24) is 0 Å². The maximum absolute atomic E-state index is 10.9. The number of thioether (sulfide) groups is 1. The zero-order chi connectivity index (χ0) is 10.3. The predicted octanol–water partition coefficient (Wildman–Crippen LogP) is 3.20. The number of rotatable bonds is 1. The van der Waals surface area contributed by atoms with E-state index in [0.29, 0.717) is 5.25 Å². The van der Waals surface area contributed by atoms with Gasteiger partial charge in [-0.3, -0.25) is 4.79 Å². The van der Waals surface area contributed by atoms with E-state index in [1.54, 1.807) is 11.8 Å². The lowest BCUT2D eigenvalue weighted by Gasteiger charge is -2.23. The summed E-state index contributed by atoms with van der Waals surface area (Å²) in [6, 6.07) is 8.40. The number of hydrogen-bond donors (Lipinski definition) is 0. The molecule has 0 unspecified atom stereocenters. The highest BCUT2D eigenvalue weighted by Crippen LogP contribution is 2.50. The van der Waals surface area contributed by atoms with Gasteiger partial charge in [0.05, 0.1) is 0 Å². The number of benzene rings is 1. The molecule has 0 bridgehead atoms. The monoisotopic (exact) mass is 214 g/mol. The predicted molar refractivity (Wildman–Crippen MR) is 63.4 cm³/mol. The number of carbonyl (C=O) groups is 1. The number of carbonyl (C=O) groups excluding carboxylic acids is 1. The van der Waals surface area contributed by atoms with Crippen LogP contribution in [0.3, 0.4) is 0 Å². The Morgan fingerprint density at radius 1 is 1.27 bits per heavy atom. The first kappa shape index (κ1) is 8.98. The molecule has 0 saturated heterocycles. The molecule has 0 N–H and O–H groups in total. The van der Waals surface area contributed by atoms with E-state index in [1.165, 1.54) is 11.1 Å². The number of hydrogen-bond acceptors (Lipinski definition) is 2. The minimum atomic E-state index is 0.280. The summed E-state index contributed by atoms with van der Waals surface area (Å²) in [5.41, 5.74) is 3.55. The highest BCUT2D eigenvalue weighted by atomic mass is 32.2. The molecule has 2 atom stereocenters. The number of fused-ring (bicyclic) bond motifs is 3. The minimum Gasteiger partial charge on any atom is -0.298 e. The van der Waals surface area contributed by atoms with Gasteiger partial charge in [0, 0.05) is 16.7 Å². The van der Waals surface area contributed by atoms with Crippen LogP contribution in [0.25, 0.3) is 6.08 Å². The van der Waals surface area contributed by atoms with Crippen LogP contribution in [0.1, 0.15) is 16.4 Å². The Balaban J connectivity index is 2.08. The molecule has 1 heterocycles. The van der Waals surface area contributed by atoms with E-state index in [1.807, 2.05) is 5.41 Å². The van der Waals surface area contributed by atoms with Gasteiger partial charge in [-0.05, 0) is 16.5 Å². The first-order chi connectivity index (χ1) is 7.40. The molecule has 2 aliphatic rings. The lowest BCUT2D eigenvalue weighted by atomic mass is 9.86. The van der Waals surface area contributed by atoms with Crippen molar-refractivity contribution in [1.29, 1.82) is 0 Å². The number of allylic oxidation sites excluding steroid dienone is 2. The van der Waals surface area contributed by atoms with Crippen molar-refractivity contribution in [2.75, 3.05) is 0 Å². The second kappa shape index (κ2) is 3.38. The van der Waals surface area contributed by atoms with Crippen molar-refractivity contribution in [2.24, 2.45) is 5.92 Å². The molecule has 0 aromatic heterocycles. The van der Waals surface area contributed by atoms with Gasteiger partial charge in [0.1, 0.15) is 6.29 Å². The summed E-state index contributed by atoms with van der Waals surface area (Å²) in [5, 5.41) is 2.40. The van der Waals surface area contributed by atoms with Gasteiger partial charge in [-0.2, -0.15) is 0 Å². The summed E-state index contributed by atoms with van der Waals surface area (Å²) in [6.45, 7) is 0. The molecule has 0 fully saturated rings. The third-order valence-corrected chi connectivity index (χ3v) is 4.23. The van der Waals surface area contributed by atoms with Crippen LogP contribution in [0.5, 0.6) is 0 Å². The van der Waals surface area contributed by atoms with Crippen LogP contribution in [0, 0.1) is 5.92 Å². The molecule has 15 heavy (non-hydrogen) atoms. The van der Waals surface area contributed by atoms with Crippen LogP contribution in [0.2, 0.25) is 0 Å². The van der Waals surface area contributed by atoms with E-state index in [4.69, 9.17) is 0 Å². The third-order valence-electron chi connectivity index (χ3n) is 2.98. The van der Waals surface area contributed by atoms with E-state index < -0.39 is 0 Å². The van der Waals surface area contributed by atoms with Crippen LogP contribution in [-0.4, -0.2) is 6.29 Å². The van der Waals surface area contributed by atoms with E-state index in [9.17, 15) is 4.79 Å². The molecule has 1 aromatic carbocycles. The standard InChI is InChI=1S/C13H10OS/c14-7-10-8-15-13-11-4-2-1-3-9(11)5-6-12(10)13/h1-8,12-13H/t12-,13+/m1/s1. The Bertz CT molecular complexity index is 473. The first-order valence-electron chi connectivity index (χ1n) is 4.98. The van der Waals surface area contributed by atoms with Gasteiger partial charge in [0.25, 0.3) is 0 Å². The van der Waals surface area contributed by atoms with Gasteiger partial charge in [0.2, 0.25) is 0 Å². The highest BCUT2D eigenvalue weighted by Gasteiger charge is 2.32. The van der Waals surface area contributed by atoms with Crippen molar-refractivity contribution in [3.8, 4) is 0 Å². The van der Waals surface area contributed by atoms with Crippen molar-refractivity contribution < 1.29 is 4.79 Å². The van der Waals surface area contributed by atoms with Crippen LogP contribution in [-0.2, 0) is 4.79 Å². The third kappa shape index (κ3) is 1.29. The summed E-state index contributed by atoms with van der Waals surface area (Å²) in [7, 11) is 0. The molecule has 0 spiro atoms. The average Bonchev–Trinajstić information content (AvgIpc) is 2.72. The highest BCUT2D eigenvalue weighted by molar-refractivity contribution is 8.02. The van der Waals surface area contributed by atoms with E-state index in [-0.39, 0.29) is 5.92 Å². The van der Waals surface area contributed by atoms with Crippen molar-refractivity contribution in [2.45, 2.75) is 5.25 Å². The van der Waals surface area contributed by atoms with Gasteiger partial charge in [-0.25, -0.2) is 0 Å². The molecule has 3 rings (SSSR count). The molecule has 1 aromatic rings.